The molecule has 400 valence electrons. The Morgan fingerprint density at radius 2 is 0.938 bits per heavy atom. The van der Waals surface area contributed by atoms with Crippen LogP contribution >= 0.6 is 0 Å². The average molecular weight is 1060 g/mol. The van der Waals surface area contributed by atoms with Gasteiger partial charge in [-0.15, -0.1) is 0 Å². The van der Waals surface area contributed by atoms with Crippen LogP contribution in [-0.2, 0) is 20.6 Å². The molecule has 14 heteroatoms. The minimum Gasteiger partial charge on any atom is -0.497 e. The second-order valence-corrected chi connectivity index (χ2v) is 19.0. The molecular weight excluding hydrogens is 1000 g/mol. The Morgan fingerprint density at radius 1 is 0.500 bits per heavy atom. The van der Waals surface area contributed by atoms with Crippen LogP contribution in [0.5, 0.6) is 28.7 Å². The van der Waals surface area contributed by atoms with E-state index >= 15 is 0 Å². The molecular formula is C66H58N6O8. The second-order valence-electron chi connectivity index (χ2n) is 19.0. The zero-order valence-corrected chi connectivity index (χ0v) is 44.6. The first-order chi connectivity index (χ1) is 39.3. The van der Waals surface area contributed by atoms with E-state index in [-0.39, 0.29) is 13.0 Å². The van der Waals surface area contributed by atoms with E-state index in [1.54, 1.807) is 53.1 Å². The lowest BCUT2D eigenvalue weighted by atomic mass is 9.77. The van der Waals surface area contributed by atoms with Gasteiger partial charge in [-0.05, 0) is 112 Å². The summed E-state index contributed by atoms with van der Waals surface area (Å²) >= 11 is 0. The summed E-state index contributed by atoms with van der Waals surface area (Å²) in [6.07, 6.45) is 3.08. The van der Waals surface area contributed by atoms with Gasteiger partial charge in [0.25, 0.3) is 0 Å². The number of pyridine rings is 3. The highest BCUT2D eigenvalue weighted by molar-refractivity contribution is 5.65. The molecule has 11 rings (SSSR count). The monoisotopic (exact) mass is 1060 g/mol. The normalized spacial score (nSPS) is 15.2. The van der Waals surface area contributed by atoms with Gasteiger partial charge in [0.1, 0.15) is 64.6 Å². The zero-order valence-electron chi connectivity index (χ0n) is 44.6. The second kappa shape index (κ2) is 23.5. The Bertz CT molecular complexity index is 3540. The molecule has 1 aliphatic heterocycles. The number of ether oxygens (including phenoxy) is 7. The summed E-state index contributed by atoms with van der Waals surface area (Å²) in [5.74, 6) is 3.62. The van der Waals surface area contributed by atoms with E-state index in [0.29, 0.717) is 57.3 Å². The Morgan fingerprint density at radius 3 is 1.39 bits per heavy atom. The lowest BCUT2D eigenvalue weighted by Crippen LogP contribution is -2.41. The molecule has 1 fully saturated rings. The van der Waals surface area contributed by atoms with Crippen LogP contribution in [0.3, 0.4) is 0 Å². The van der Waals surface area contributed by atoms with Crippen LogP contribution in [0.4, 0.5) is 5.82 Å². The number of nitrogens with zero attached hydrogens (tertiary/aromatic N) is 5. The van der Waals surface area contributed by atoms with E-state index in [1.807, 2.05) is 182 Å². The zero-order chi connectivity index (χ0) is 54.9. The highest BCUT2D eigenvalue weighted by Crippen LogP contribution is 2.47. The van der Waals surface area contributed by atoms with Gasteiger partial charge >= 0.3 is 5.69 Å². The highest BCUT2D eigenvalue weighted by Gasteiger charge is 2.47. The summed E-state index contributed by atoms with van der Waals surface area (Å²) in [7, 11) is 6.56. The van der Waals surface area contributed by atoms with Crippen molar-refractivity contribution < 1.29 is 33.2 Å². The Balaban J connectivity index is 1.01. The van der Waals surface area contributed by atoms with Crippen LogP contribution in [0, 0.1) is 0 Å². The summed E-state index contributed by atoms with van der Waals surface area (Å²) < 4.78 is 45.7. The molecule has 6 aromatic carbocycles. The van der Waals surface area contributed by atoms with Gasteiger partial charge in [0, 0.05) is 37.1 Å². The molecule has 5 heterocycles. The summed E-state index contributed by atoms with van der Waals surface area (Å²) in [6, 6.07) is 68.4. The lowest BCUT2D eigenvalue weighted by Gasteiger charge is -2.39. The van der Waals surface area contributed by atoms with Crippen molar-refractivity contribution in [2.75, 3.05) is 40.4 Å². The molecule has 0 aliphatic carbocycles. The van der Waals surface area contributed by atoms with Gasteiger partial charge in [-0.25, -0.2) is 9.78 Å². The molecule has 3 atom stereocenters. The minimum absolute atomic E-state index is 0.00965. The predicted molar refractivity (Wildman–Crippen MR) is 306 cm³/mol. The first kappa shape index (κ1) is 52.4. The van der Waals surface area contributed by atoms with Gasteiger partial charge in [0.05, 0.1) is 57.3 Å². The first-order valence-electron chi connectivity index (χ1n) is 26.2. The molecule has 0 bridgehead atoms. The summed E-state index contributed by atoms with van der Waals surface area (Å²) in [6.45, 7) is 0.00965. The number of hydrogen-bond acceptors (Lipinski definition) is 13. The quantitative estimate of drug-likeness (QED) is 0.0722. The maximum Gasteiger partial charge on any atom is 0.351 e. The number of aromatic nitrogens is 5. The smallest absolute Gasteiger partial charge is 0.351 e. The Hall–Kier alpha value is -9.63. The van der Waals surface area contributed by atoms with Crippen molar-refractivity contribution in [3.63, 3.8) is 0 Å². The summed E-state index contributed by atoms with van der Waals surface area (Å²) in [5.41, 5.74) is 4.91. The lowest BCUT2D eigenvalue weighted by molar-refractivity contribution is -0.0965. The third-order valence-electron chi connectivity index (χ3n) is 14.5. The van der Waals surface area contributed by atoms with Gasteiger partial charge in [0.15, 0.2) is 0 Å². The maximum absolute atomic E-state index is 14.9. The van der Waals surface area contributed by atoms with Gasteiger partial charge in [-0.1, -0.05) is 121 Å². The molecule has 80 heavy (non-hydrogen) atoms. The average Bonchev–Trinajstić information content (AvgIpc) is 3.94. The SMILES string of the molecule is COc1ccc(C(Nc2ccn([C@H]3C[C@H](OC(c4ccccc4)(c4ccc(OC)cc4)c4ccc(OC)cc4)[C@@H](COc4cc(-c5ccccn5)nc(-c5ccccn5)c4)O3)c(=O)n2)(c2ccccc2)c2ccc(OC)cc2)cc1. The Kier molecular flexibility index (Phi) is 15.4. The number of benzene rings is 6. The van der Waals surface area contributed by atoms with E-state index < -0.39 is 35.3 Å². The van der Waals surface area contributed by atoms with Gasteiger partial charge < -0.3 is 38.5 Å². The summed E-state index contributed by atoms with van der Waals surface area (Å²) in [5, 5.41) is 3.74. The van der Waals surface area contributed by atoms with Crippen LogP contribution in [0.1, 0.15) is 46.0 Å². The van der Waals surface area contributed by atoms with Crippen molar-refractivity contribution in [2.45, 2.75) is 36.0 Å². The minimum atomic E-state index is -1.24. The van der Waals surface area contributed by atoms with E-state index in [0.717, 1.165) is 33.4 Å². The van der Waals surface area contributed by atoms with Crippen molar-refractivity contribution >= 4 is 5.82 Å². The standard InChI is InChI=1S/C66H58N6O8/c1-74-51-29-21-46(22-30-51)65(45-15-7-5-8-16-45,47-23-31-52(75-2)32-24-47)71-62-37-40-72(64(73)70-62)63-43-60(61(79-63)44-78-55-41-58(56-19-11-13-38-67-56)69-59(42-55)57-20-12-14-39-68-57)80-66(48-17-9-6-10-18-48,49-25-33-53(76-3)34-26-49)50-27-35-54(77-4)36-28-50/h5-42,60-61,63H,43-44H2,1-4H3,(H,70,71,73)/t60-,61+,63+/m0/s1. The van der Waals surface area contributed by atoms with Gasteiger partial charge in [0.2, 0.25) is 0 Å². The molecule has 14 nitrogen and oxygen atoms in total. The molecule has 0 saturated carbocycles. The fourth-order valence-corrected chi connectivity index (χ4v) is 10.4. The van der Waals surface area contributed by atoms with Crippen molar-refractivity contribution in [3.05, 3.63) is 275 Å². The molecule has 0 radical (unpaired) electrons. The number of nitrogens with one attached hydrogen (secondary N) is 1. The van der Waals surface area contributed by atoms with E-state index in [1.165, 1.54) is 4.57 Å². The molecule has 10 aromatic rings. The highest BCUT2D eigenvalue weighted by atomic mass is 16.6. The first-order valence-corrected chi connectivity index (χ1v) is 26.2. The topological polar surface area (TPSA) is 150 Å². The predicted octanol–water partition coefficient (Wildman–Crippen LogP) is 11.9. The van der Waals surface area contributed by atoms with Crippen LogP contribution in [0.15, 0.2) is 236 Å². The summed E-state index contributed by atoms with van der Waals surface area (Å²) in [4.78, 5) is 33.8. The molecule has 0 spiro atoms. The Labute approximate surface area is 464 Å². The third-order valence-corrected chi connectivity index (χ3v) is 14.5. The molecule has 0 amide bonds. The maximum atomic E-state index is 14.9. The van der Waals surface area contributed by atoms with Crippen LogP contribution in [0.2, 0.25) is 0 Å². The van der Waals surface area contributed by atoms with E-state index in [2.05, 4.69) is 39.6 Å². The van der Waals surface area contributed by atoms with E-state index in [4.69, 9.17) is 43.1 Å². The van der Waals surface area contributed by atoms with Crippen LogP contribution in [0.25, 0.3) is 22.8 Å². The molecule has 1 saturated heterocycles. The van der Waals surface area contributed by atoms with E-state index in [9.17, 15) is 4.79 Å². The molecule has 1 N–H and O–H groups in total. The fourth-order valence-electron chi connectivity index (χ4n) is 10.4. The fraction of sp³-hybridized carbons (Fsp3) is 0.167. The third kappa shape index (κ3) is 10.7. The molecule has 4 aromatic heterocycles. The van der Waals surface area contributed by atoms with Crippen molar-refractivity contribution in [1.29, 1.82) is 0 Å². The van der Waals surface area contributed by atoms with Crippen molar-refractivity contribution in [2.24, 2.45) is 0 Å². The van der Waals surface area contributed by atoms with Crippen molar-refractivity contribution in [1.82, 2.24) is 24.5 Å². The van der Waals surface area contributed by atoms with Crippen LogP contribution in [-0.4, -0.2) is 71.8 Å². The number of rotatable bonds is 20. The number of anilines is 1. The van der Waals surface area contributed by atoms with Crippen LogP contribution < -0.4 is 34.7 Å². The number of methoxy groups -OCH3 is 4. The van der Waals surface area contributed by atoms with Gasteiger partial charge in [-0.3, -0.25) is 14.5 Å². The van der Waals surface area contributed by atoms with Crippen molar-refractivity contribution in [3.8, 4) is 51.5 Å². The van der Waals surface area contributed by atoms with Gasteiger partial charge in [-0.2, -0.15) is 4.98 Å². The largest absolute Gasteiger partial charge is 0.497 e. The molecule has 0 unspecified atom stereocenters. The number of hydrogen-bond donors (Lipinski definition) is 1. The molecule has 1 aliphatic rings.